The second kappa shape index (κ2) is 8.84. The summed E-state index contributed by atoms with van der Waals surface area (Å²) in [5.41, 5.74) is 5.82. The maximum Gasteiger partial charge on any atom is 0.185 e. The highest BCUT2D eigenvalue weighted by molar-refractivity contribution is 7.86. The van der Waals surface area contributed by atoms with Crippen LogP contribution in [0.2, 0.25) is 0 Å². The number of benzene rings is 6. The van der Waals surface area contributed by atoms with Crippen LogP contribution in [0.4, 0.5) is 0 Å². The van der Waals surface area contributed by atoms with E-state index in [2.05, 4.69) is 42.5 Å². The number of rotatable bonds is 3. The summed E-state index contributed by atoms with van der Waals surface area (Å²) in [6, 6.07) is 46.3. The van der Waals surface area contributed by atoms with Gasteiger partial charge in [-0.3, -0.25) is 0 Å². The van der Waals surface area contributed by atoms with Gasteiger partial charge in [0.05, 0.1) is 10.6 Å². The van der Waals surface area contributed by atoms with Crippen LogP contribution in [0.5, 0.6) is 23.0 Å². The molecule has 1 atom stereocenters. The van der Waals surface area contributed by atoms with Gasteiger partial charge in [0.25, 0.3) is 0 Å². The summed E-state index contributed by atoms with van der Waals surface area (Å²) in [6.45, 7) is 0. The van der Waals surface area contributed by atoms with E-state index in [1.807, 2.05) is 97.1 Å². The van der Waals surface area contributed by atoms with Gasteiger partial charge in [-0.25, -0.2) is 0 Å². The average molecular weight is 535 g/mol. The van der Waals surface area contributed by atoms with Gasteiger partial charge in [0, 0.05) is 11.1 Å². The van der Waals surface area contributed by atoms with Crippen LogP contribution in [0.25, 0.3) is 33.4 Å². The van der Waals surface area contributed by atoms with Crippen molar-refractivity contribution < 1.29 is 14.0 Å². The Labute approximate surface area is 232 Å². The van der Waals surface area contributed by atoms with Crippen molar-refractivity contribution in [2.24, 2.45) is 0 Å². The monoisotopic (exact) mass is 534 g/mol. The standard InChI is InChI=1S/C36H23O3P/c37-40-32-19-11-10-18-30(32)38-34-28(25-14-6-2-7-15-25)23-29(26-16-8-3-9-17-26)35(36(34)40)39-31-21-20-27(22-33(31)40)24-12-4-1-5-13-24/h1-23H/t40-/m1/s1. The van der Waals surface area contributed by atoms with Crippen molar-refractivity contribution in [1.82, 2.24) is 0 Å². The smallest absolute Gasteiger partial charge is 0.185 e. The number of hydrogen-bond acceptors (Lipinski definition) is 3. The molecule has 0 saturated heterocycles. The van der Waals surface area contributed by atoms with E-state index >= 15 is 4.57 Å². The molecule has 2 heterocycles. The summed E-state index contributed by atoms with van der Waals surface area (Å²) in [6.07, 6.45) is 0. The fourth-order valence-corrected chi connectivity index (χ4v) is 8.97. The minimum absolute atomic E-state index is 0.596. The van der Waals surface area contributed by atoms with Gasteiger partial charge in [-0.1, -0.05) is 109 Å². The van der Waals surface area contributed by atoms with Gasteiger partial charge < -0.3 is 14.0 Å². The first kappa shape index (κ1) is 23.1. The molecule has 0 radical (unpaired) electrons. The van der Waals surface area contributed by atoms with Crippen LogP contribution in [0, 0.1) is 0 Å². The van der Waals surface area contributed by atoms with Gasteiger partial charge >= 0.3 is 0 Å². The molecule has 0 amide bonds. The third-order valence-electron chi connectivity index (χ3n) is 7.73. The molecular weight excluding hydrogens is 511 g/mol. The highest BCUT2D eigenvalue weighted by atomic mass is 31.2. The van der Waals surface area contributed by atoms with Gasteiger partial charge in [0.2, 0.25) is 0 Å². The van der Waals surface area contributed by atoms with E-state index in [0.29, 0.717) is 38.9 Å². The van der Waals surface area contributed by atoms with Crippen LogP contribution in [-0.2, 0) is 4.57 Å². The average Bonchev–Trinajstić information content (AvgIpc) is 3.02. The minimum atomic E-state index is -3.41. The highest BCUT2D eigenvalue weighted by Crippen LogP contribution is 2.61. The van der Waals surface area contributed by atoms with Gasteiger partial charge in [-0.05, 0) is 52.6 Å². The van der Waals surface area contributed by atoms with E-state index in [-0.39, 0.29) is 0 Å². The highest BCUT2D eigenvalue weighted by Gasteiger charge is 2.48. The molecule has 0 unspecified atom stereocenters. The molecule has 0 fully saturated rings. The lowest BCUT2D eigenvalue weighted by atomic mass is 9.96. The summed E-state index contributed by atoms with van der Waals surface area (Å²) in [5.74, 6) is 2.42. The minimum Gasteiger partial charge on any atom is -0.455 e. The molecule has 2 aliphatic rings. The predicted molar refractivity (Wildman–Crippen MR) is 162 cm³/mol. The number of fused-ring (bicyclic) bond motifs is 4. The van der Waals surface area contributed by atoms with Crippen LogP contribution < -0.4 is 25.4 Å². The van der Waals surface area contributed by atoms with Crippen molar-refractivity contribution >= 4 is 23.1 Å². The molecule has 0 aliphatic carbocycles. The van der Waals surface area contributed by atoms with Crippen LogP contribution in [-0.4, -0.2) is 0 Å². The topological polar surface area (TPSA) is 35.5 Å². The molecule has 2 aliphatic heterocycles. The molecule has 0 spiro atoms. The molecule has 40 heavy (non-hydrogen) atoms. The van der Waals surface area contributed by atoms with E-state index < -0.39 is 7.14 Å². The van der Waals surface area contributed by atoms with Crippen molar-refractivity contribution in [2.45, 2.75) is 0 Å². The van der Waals surface area contributed by atoms with Crippen LogP contribution >= 0.6 is 7.14 Å². The molecule has 4 heteroatoms. The van der Waals surface area contributed by atoms with Crippen molar-refractivity contribution in [2.75, 3.05) is 0 Å². The first-order valence-electron chi connectivity index (χ1n) is 13.3. The van der Waals surface area contributed by atoms with Crippen LogP contribution in [0.3, 0.4) is 0 Å². The Morgan fingerprint density at radius 3 is 1.52 bits per heavy atom. The second-order valence-corrected chi connectivity index (χ2v) is 12.7. The van der Waals surface area contributed by atoms with Crippen molar-refractivity contribution in [3.05, 3.63) is 140 Å². The second-order valence-electron chi connectivity index (χ2n) is 10.0. The quantitative estimate of drug-likeness (QED) is 0.213. The van der Waals surface area contributed by atoms with Crippen LogP contribution in [0.15, 0.2) is 140 Å². The Hall–Kier alpha value is -4.85. The first-order chi connectivity index (χ1) is 19.7. The van der Waals surface area contributed by atoms with E-state index in [4.69, 9.17) is 9.47 Å². The lowest BCUT2D eigenvalue weighted by Gasteiger charge is -2.36. The Bertz CT molecular complexity index is 1910. The zero-order chi connectivity index (χ0) is 26.7. The van der Waals surface area contributed by atoms with Gasteiger partial charge in [-0.15, -0.1) is 0 Å². The largest absolute Gasteiger partial charge is 0.455 e. The number of ether oxygens (including phenoxy) is 2. The molecule has 190 valence electrons. The summed E-state index contributed by atoms with van der Waals surface area (Å²) in [4.78, 5) is 0. The summed E-state index contributed by atoms with van der Waals surface area (Å²) in [5, 5.41) is 2.02. The molecule has 0 saturated carbocycles. The van der Waals surface area contributed by atoms with Gasteiger partial charge in [-0.2, -0.15) is 0 Å². The summed E-state index contributed by atoms with van der Waals surface area (Å²) >= 11 is 0. The molecule has 3 nitrogen and oxygen atoms in total. The molecule has 0 N–H and O–H groups in total. The molecule has 6 aromatic carbocycles. The van der Waals surface area contributed by atoms with E-state index in [0.717, 1.165) is 33.4 Å². The molecule has 0 bridgehead atoms. The van der Waals surface area contributed by atoms with E-state index in [1.54, 1.807) is 0 Å². The zero-order valence-electron chi connectivity index (χ0n) is 21.5. The SMILES string of the molecule is O=[P@@]12c3ccccc3Oc3c(-c4ccccc4)cc(-c4ccccc4)c(c31)Oc1ccc(-c3ccccc3)cc12. The summed E-state index contributed by atoms with van der Waals surface area (Å²) in [7, 11) is -3.41. The Kier molecular flexibility index (Phi) is 5.10. The zero-order valence-corrected chi connectivity index (χ0v) is 22.3. The third-order valence-corrected chi connectivity index (χ3v) is 10.8. The number of hydrogen-bond donors (Lipinski definition) is 0. The van der Waals surface area contributed by atoms with E-state index in [1.165, 1.54) is 0 Å². The lowest BCUT2D eigenvalue weighted by Crippen LogP contribution is -2.35. The van der Waals surface area contributed by atoms with Crippen molar-refractivity contribution in [3.8, 4) is 56.4 Å². The molecule has 8 rings (SSSR count). The Balaban J connectivity index is 1.50. The summed E-state index contributed by atoms with van der Waals surface area (Å²) < 4.78 is 29.3. The van der Waals surface area contributed by atoms with Gasteiger partial charge in [0.15, 0.2) is 7.14 Å². The van der Waals surface area contributed by atoms with Crippen molar-refractivity contribution in [1.29, 1.82) is 0 Å². The van der Waals surface area contributed by atoms with Crippen LogP contribution in [0.1, 0.15) is 0 Å². The Morgan fingerprint density at radius 2 is 0.925 bits per heavy atom. The molecule has 0 aromatic heterocycles. The molecule has 6 aromatic rings. The lowest BCUT2D eigenvalue weighted by molar-refractivity contribution is 0.464. The normalized spacial score (nSPS) is 16.1. The van der Waals surface area contributed by atoms with E-state index in [9.17, 15) is 0 Å². The first-order valence-corrected chi connectivity index (χ1v) is 15.0. The fraction of sp³-hybridized carbons (Fsp3) is 0. The molecular formula is C36H23O3P. The third kappa shape index (κ3) is 3.35. The Morgan fingerprint density at radius 1 is 0.425 bits per heavy atom. The van der Waals surface area contributed by atoms with Gasteiger partial charge in [0.1, 0.15) is 28.3 Å². The number of para-hydroxylation sites is 1. The predicted octanol–water partition coefficient (Wildman–Crippen LogP) is 8.54. The maximum absolute atomic E-state index is 15.9. The fourth-order valence-electron chi connectivity index (χ4n) is 5.84. The van der Waals surface area contributed by atoms with Crippen molar-refractivity contribution in [3.63, 3.8) is 0 Å². The maximum atomic E-state index is 15.9.